The third-order valence-corrected chi connectivity index (χ3v) is 3.18. The molecule has 0 aromatic heterocycles. The van der Waals surface area contributed by atoms with Crippen LogP contribution >= 0.6 is 0 Å². The fraction of sp³-hybridized carbons (Fsp3) is 0.625. The summed E-state index contributed by atoms with van der Waals surface area (Å²) in [5.41, 5.74) is 7.17. The fourth-order valence-electron chi connectivity index (χ4n) is 1.88. The van der Waals surface area contributed by atoms with E-state index in [9.17, 15) is 0 Å². The molecule has 0 saturated heterocycles. The number of nitrogens with two attached hydrogens (primary N) is 1. The van der Waals surface area contributed by atoms with Crippen molar-refractivity contribution in [2.24, 2.45) is 5.73 Å². The molecule has 1 aromatic carbocycles. The van der Waals surface area contributed by atoms with Gasteiger partial charge in [0.2, 0.25) is 0 Å². The lowest BCUT2D eigenvalue weighted by atomic mass is 10.0. The van der Waals surface area contributed by atoms with E-state index in [4.69, 9.17) is 19.9 Å². The van der Waals surface area contributed by atoms with Crippen molar-refractivity contribution < 1.29 is 14.2 Å². The third kappa shape index (κ3) is 5.80. The summed E-state index contributed by atoms with van der Waals surface area (Å²) in [5.74, 6) is 1.67. The molecule has 0 aliphatic carbocycles. The molecule has 0 heterocycles. The molecule has 0 aliphatic heterocycles. The normalized spacial score (nSPS) is 12.2. The van der Waals surface area contributed by atoms with Gasteiger partial charge < -0.3 is 19.9 Å². The minimum atomic E-state index is 0.161. The van der Waals surface area contributed by atoms with Crippen molar-refractivity contribution >= 4 is 0 Å². The second kappa shape index (κ2) is 9.61. The summed E-state index contributed by atoms with van der Waals surface area (Å²) < 4.78 is 16.4. The molecule has 1 unspecified atom stereocenters. The summed E-state index contributed by atoms with van der Waals surface area (Å²) in [5, 5.41) is 0. The van der Waals surface area contributed by atoms with Gasteiger partial charge in [-0.1, -0.05) is 13.0 Å². The molecule has 0 fully saturated rings. The minimum absolute atomic E-state index is 0.161. The van der Waals surface area contributed by atoms with E-state index in [0.717, 1.165) is 49.5 Å². The molecule has 114 valence electrons. The largest absolute Gasteiger partial charge is 0.497 e. The Morgan fingerprint density at radius 3 is 2.65 bits per heavy atom. The third-order valence-electron chi connectivity index (χ3n) is 3.18. The Morgan fingerprint density at radius 2 is 2.00 bits per heavy atom. The highest BCUT2D eigenvalue weighted by atomic mass is 16.5. The van der Waals surface area contributed by atoms with Crippen molar-refractivity contribution in [2.75, 3.05) is 26.9 Å². The zero-order chi connectivity index (χ0) is 14.8. The second-order valence-electron chi connectivity index (χ2n) is 4.75. The first-order valence-corrected chi connectivity index (χ1v) is 7.34. The van der Waals surface area contributed by atoms with Crippen LogP contribution in [-0.2, 0) is 11.2 Å². The topological polar surface area (TPSA) is 53.7 Å². The summed E-state index contributed by atoms with van der Waals surface area (Å²) in [6.07, 6.45) is 2.65. The maximum absolute atomic E-state index is 6.03. The maximum Gasteiger partial charge on any atom is 0.126 e. The van der Waals surface area contributed by atoms with Crippen LogP contribution in [0.25, 0.3) is 0 Å². The van der Waals surface area contributed by atoms with Crippen LogP contribution in [0, 0.1) is 0 Å². The first-order valence-electron chi connectivity index (χ1n) is 7.34. The van der Waals surface area contributed by atoms with Crippen LogP contribution in [0.5, 0.6) is 11.5 Å². The lowest BCUT2D eigenvalue weighted by Crippen LogP contribution is -2.21. The highest BCUT2D eigenvalue weighted by Gasteiger charge is 2.09. The molecular weight excluding hydrogens is 254 g/mol. The molecule has 1 aromatic rings. The Labute approximate surface area is 122 Å². The van der Waals surface area contributed by atoms with Gasteiger partial charge in [0.1, 0.15) is 11.5 Å². The summed E-state index contributed by atoms with van der Waals surface area (Å²) in [6, 6.07) is 6.07. The maximum atomic E-state index is 6.03. The number of rotatable bonds is 10. The Balaban J connectivity index is 2.63. The molecule has 1 atom stereocenters. The Hall–Kier alpha value is -1.26. The van der Waals surface area contributed by atoms with E-state index in [0.29, 0.717) is 6.61 Å². The number of hydrogen-bond donors (Lipinski definition) is 1. The van der Waals surface area contributed by atoms with Gasteiger partial charge in [-0.2, -0.15) is 0 Å². The van der Waals surface area contributed by atoms with E-state index < -0.39 is 0 Å². The van der Waals surface area contributed by atoms with Crippen LogP contribution in [0.3, 0.4) is 0 Å². The van der Waals surface area contributed by atoms with Gasteiger partial charge in [-0.05, 0) is 31.4 Å². The number of methoxy groups -OCH3 is 1. The van der Waals surface area contributed by atoms with Gasteiger partial charge in [0, 0.05) is 31.7 Å². The summed E-state index contributed by atoms with van der Waals surface area (Å²) >= 11 is 0. The lowest BCUT2D eigenvalue weighted by molar-refractivity contribution is 0.130. The van der Waals surface area contributed by atoms with Crippen molar-refractivity contribution in [1.29, 1.82) is 0 Å². The molecule has 0 radical (unpaired) electrons. The highest BCUT2D eigenvalue weighted by molar-refractivity contribution is 5.41. The number of benzene rings is 1. The molecule has 4 heteroatoms. The van der Waals surface area contributed by atoms with Crippen molar-refractivity contribution in [1.82, 2.24) is 0 Å². The molecule has 20 heavy (non-hydrogen) atoms. The van der Waals surface area contributed by atoms with E-state index >= 15 is 0 Å². The van der Waals surface area contributed by atoms with Crippen LogP contribution in [0.4, 0.5) is 0 Å². The first-order chi connectivity index (χ1) is 9.71. The van der Waals surface area contributed by atoms with Gasteiger partial charge in [0.15, 0.2) is 0 Å². The van der Waals surface area contributed by atoms with Crippen LogP contribution in [-0.4, -0.2) is 33.0 Å². The number of hydrogen-bond acceptors (Lipinski definition) is 4. The van der Waals surface area contributed by atoms with E-state index in [-0.39, 0.29) is 6.04 Å². The molecule has 2 N–H and O–H groups in total. The lowest BCUT2D eigenvalue weighted by Gasteiger charge is -2.15. The number of ether oxygens (including phenoxy) is 3. The van der Waals surface area contributed by atoms with E-state index in [1.54, 1.807) is 7.11 Å². The van der Waals surface area contributed by atoms with Gasteiger partial charge in [0.25, 0.3) is 0 Å². The predicted molar refractivity (Wildman–Crippen MR) is 81.6 cm³/mol. The predicted octanol–water partition coefficient (Wildman–Crippen LogP) is 2.78. The van der Waals surface area contributed by atoms with Crippen molar-refractivity contribution in [2.45, 2.75) is 39.2 Å². The van der Waals surface area contributed by atoms with Crippen molar-refractivity contribution in [3.63, 3.8) is 0 Å². The SMILES string of the molecule is CCOCCCOc1cc(OC)ccc1CC(N)CC. The van der Waals surface area contributed by atoms with Crippen LogP contribution < -0.4 is 15.2 Å². The van der Waals surface area contributed by atoms with E-state index in [2.05, 4.69) is 6.92 Å². The Bertz CT molecular complexity index is 382. The second-order valence-corrected chi connectivity index (χ2v) is 4.75. The molecule has 0 bridgehead atoms. The minimum Gasteiger partial charge on any atom is -0.497 e. The molecule has 0 saturated carbocycles. The van der Waals surface area contributed by atoms with Crippen LogP contribution in [0.1, 0.15) is 32.3 Å². The molecule has 4 nitrogen and oxygen atoms in total. The molecule has 0 amide bonds. The molecule has 0 aliphatic rings. The smallest absolute Gasteiger partial charge is 0.126 e. The van der Waals surface area contributed by atoms with Crippen LogP contribution in [0.2, 0.25) is 0 Å². The average Bonchev–Trinajstić information content (AvgIpc) is 2.48. The van der Waals surface area contributed by atoms with Gasteiger partial charge in [-0.15, -0.1) is 0 Å². The van der Waals surface area contributed by atoms with Gasteiger partial charge in [-0.3, -0.25) is 0 Å². The standard InChI is InChI=1S/C16H27NO3/c1-4-14(17)11-13-7-8-15(18-3)12-16(13)20-10-6-9-19-5-2/h7-8,12,14H,4-6,9-11,17H2,1-3H3. The zero-order valence-corrected chi connectivity index (χ0v) is 12.9. The summed E-state index contributed by atoms with van der Waals surface area (Å²) in [4.78, 5) is 0. The summed E-state index contributed by atoms with van der Waals surface area (Å²) in [7, 11) is 1.66. The van der Waals surface area contributed by atoms with E-state index in [1.165, 1.54) is 0 Å². The van der Waals surface area contributed by atoms with Gasteiger partial charge in [0.05, 0.1) is 13.7 Å². The zero-order valence-electron chi connectivity index (χ0n) is 12.9. The van der Waals surface area contributed by atoms with Crippen molar-refractivity contribution in [3.05, 3.63) is 23.8 Å². The van der Waals surface area contributed by atoms with Gasteiger partial charge >= 0.3 is 0 Å². The molecule has 1 rings (SSSR count). The van der Waals surface area contributed by atoms with E-state index in [1.807, 2.05) is 25.1 Å². The quantitative estimate of drug-likeness (QED) is 0.670. The first kappa shape index (κ1) is 16.8. The van der Waals surface area contributed by atoms with Crippen molar-refractivity contribution in [3.8, 4) is 11.5 Å². The molecule has 0 spiro atoms. The average molecular weight is 281 g/mol. The van der Waals surface area contributed by atoms with Crippen LogP contribution in [0.15, 0.2) is 18.2 Å². The Kier molecular flexibility index (Phi) is 8.07. The highest BCUT2D eigenvalue weighted by Crippen LogP contribution is 2.26. The molecular formula is C16H27NO3. The monoisotopic (exact) mass is 281 g/mol. The van der Waals surface area contributed by atoms with Gasteiger partial charge in [-0.25, -0.2) is 0 Å². The Morgan fingerprint density at radius 1 is 1.20 bits per heavy atom. The fourth-order valence-corrected chi connectivity index (χ4v) is 1.88. The summed E-state index contributed by atoms with van der Waals surface area (Å²) in [6.45, 7) is 6.20.